The van der Waals surface area contributed by atoms with Gasteiger partial charge in [-0.3, -0.25) is 9.59 Å². The van der Waals surface area contributed by atoms with Crippen LogP contribution in [0.2, 0.25) is 0 Å². The third kappa shape index (κ3) is 7.45. The molecule has 0 aliphatic rings. The van der Waals surface area contributed by atoms with Gasteiger partial charge >= 0.3 is 0 Å². The van der Waals surface area contributed by atoms with Crippen LogP contribution < -0.4 is 10.1 Å². The Balaban J connectivity index is 1.94. The Kier molecular flexibility index (Phi) is 10.1. The van der Waals surface area contributed by atoms with E-state index in [9.17, 15) is 9.59 Å². The molecule has 2 amide bonds. The van der Waals surface area contributed by atoms with Gasteiger partial charge in [0.15, 0.2) is 0 Å². The number of nitrogens with one attached hydrogen (secondary N) is 1. The average Bonchev–Trinajstić information content (AvgIpc) is 2.91. The van der Waals surface area contributed by atoms with Crippen LogP contribution in [0.1, 0.15) is 56.2 Å². The molecule has 0 aliphatic carbocycles. The van der Waals surface area contributed by atoms with Gasteiger partial charge in [0, 0.05) is 25.4 Å². The van der Waals surface area contributed by atoms with Gasteiger partial charge in [-0.2, -0.15) is 0 Å². The van der Waals surface area contributed by atoms with Crippen molar-refractivity contribution >= 4 is 11.8 Å². The summed E-state index contributed by atoms with van der Waals surface area (Å²) in [5.74, 6) is 0.780. The number of hydrogen-bond acceptors (Lipinski definition) is 3. The van der Waals surface area contributed by atoms with Gasteiger partial charge in [-0.15, -0.1) is 0 Å². The smallest absolute Gasteiger partial charge is 0.242 e. The molecule has 0 saturated carbocycles. The minimum atomic E-state index is -0.561. The van der Waals surface area contributed by atoms with Crippen LogP contribution in [0.3, 0.4) is 0 Å². The summed E-state index contributed by atoms with van der Waals surface area (Å²) in [6.07, 6.45) is 0.799. The van der Waals surface area contributed by atoms with Crippen LogP contribution in [0.15, 0.2) is 84.9 Å². The molecule has 5 heteroatoms. The van der Waals surface area contributed by atoms with Crippen LogP contribution in [0.4, 0.5) is 0 Å². The summed E-state index contributed by atoms with van der Waals surface area (Å²) < 4.78 is 5.39. The number of rotatable bonds is 12. The zero-order chi connectivity index (χ0) is 25.9. The van der Waals surface area contributed by atoms with E-state index in [1.165, 1.54) is 0 Å². The molecule has 0 saturated heterocycles. The lowest BCUT2D eigenvalue weighted by Crippen LogP contribution is -2.49. The highest BCUT2D eigenvalue weighted by molar-refractivity contribution is 5.88. The fourth-order valence-electron chi connectivity index (χ4n) is 4.40. The van der Waals surface area contributed by atoms with Gasteiger partial charge in [-0.05, 0) is 41.2 Å². The molecule has 190 valence electrons. The molecular formula is C31H38N2O3. The van der Waals surface area contributed by atoms with Crippen molar-refractivity contribution in [3.05, 3.63) is 102 Å². The maximum atomic E-state index is 14.0. The van der Waals surface area contributed by atoms with Crippen molar-refractivity contribution in [2.75, 3.05) is 13.7 Å². The Morgan fingerprint density at radius 2 is 1.50 bits per heavy atom. The van der Waals surface area contributed by atoms with E-state index in [1.807, 2.05) is 67.6 Å². The number of carbonyl (C=O) groups is 2. The van der Waals surface area contributed by atoms with Crippen LogP contribution >= 0.6 is 0 Å². The zero-order valence-electron chi connectivity index (χ0n) is 21.8. The minimum absolute atomic E-state index is 0.0536. The number of benzene rings is 3. The third-order valence-electron chi connectivity index (χ3n) is 6.34. The lowest BCUT2D eigenvalue weighted by atomic mass is 9.88. The second-order valence-corrected chi connectivity index (χ2v) is 9.51. The summed E-state index contributed by atoms with van der Waals surface area (Å²) in [5, 5.41) is 3.04. The predicted octanol–water partition coefficient (Wildman–Crippen LogP) is 5.80. The van der Waals surface area contributed by atoms with E-state index in [-0.39, 0.29) is 24.2 Å². The highest BCUT2D eigenvalue weighted by Crippen LogP contribution is 2.30. The SMILES string of the molecule is CC[C@H](C(=O)NCC(C)C)N(Cc1cccc(OC)c1)C(=O)CC(c1ccccc1)c1ccccc1. The second-order valence-electron chi connectivity index (χ2n) is 9.51. The van der Waals surface area contributed by atoms with Crippen molar-refractivity contribution in [1.29, 1.82) is 0 Å². The summed E-state index contributed by atoms with van der Waals surface area (Å²) >= 11 is 0. The molecule has 36 heavy (non-hydrogen) atoms. The summed E-state index contributed by atoms with van der Waals surface area (Å²) in [7, 11) is 1.63. The second kappa shape index (κ2) is 13.5. The van der Waals surface area contributed by atoms with Gasteiger partial charge < -0.3 is 15.0 Å². The van der Waals surface area contributed by atoms with E-state index in [0.717, 1.165) is 22.4 Å². The quantitative estimate of drug-likeness (QED) is 0.352. The highest BCUT2D eigenvalue weighted by Gasteiger charge is 2.31. The van der Waals surface area contributed by atoms with Crippen molar-refractivity contribution < 1.29 is 14.3 Å². The normalized spacial score (nSPS) is 11.8. The molecule has 0 bridgehead atoms. The Morgan fingerprint density at radius 1 is 0.889 bits per heavy atom. The van der Waals surface area contributed by atoms with Gasteiger partial charge in [0.05, 0.1) is 7.11 Å². The number of hydrogen-bond donors (Lipinski definition) is 1. The molecule has 0 aromatic heterocycles. The number of carbonyl (C=O) groups excluding carboxylic acids is 2. The lowest BCUT2D eigenvalue weighted by molar-refractivity contribution is -0.141. The summed E-state index contributed by atoms with van der Waals surface area (Å²) in [6, 6.07) is 27.3. The Morgan fingerprint density at radius 3 is 2.03 bits per heavy atom. The summed E-state index contributed by atoms with van der Waals surface area (Å²) in [4.78, 5) is 29.0. The topological polar surface area (TPSA) is 58.6 Å². The van der Waals surface area contributed by atoms with Crippen molar-refractivity contribution in [3.63, 3.8) is 0 Å². The summed E-state index contributed by atoms with van der Waals surface area (Å²) in [5.41, 5.74) is 3.08. The number of ether oxygens (including phenoxy) is 1. The van der Waals surface area contributed by atoms with Crippen LogP contribution in [-0.4, -0.2) is 36.4 Å². The van der Waals surface area contributed by atoms with Gasteiger partial charge in [0.25, 0.3) is 0 Å². The number of amides is 2. The molecule has 5 nitrogen and oxygen atoms in total. The maximum absolute atomic E-state index is 14.0. The standard InChI is InChI=1S/C31H38N2O3/c1-5-29(31(35)32-21-23(2)3)33(22-24-13-12-18-27(19-24)36-4)30(34)20-28(25-14-8-6-9-15-25)26-16-10-7-11-17-26/h6-19,23,28-29H,5,20-22H2,1-4H3,(H,32,35)/t29-/m1/s1. The van der Waals surface area contributed by atoms with Crippen LogP contribution in [-0.2, 0) is 16.1 Å². The first kappa shape index (κ1) is 27.0. The molecule has 0 unspecified atom stereocenters. The van der Waals surface area contributed by atoms with Crippen molar-refractivity contribution in [1.82, 2.24) is 10.2 Å². The third-order valence-corrected chi connectivity index (χ3v) is 6.34. The molecule has 3 aromatic rings. The molecule has 0 heterocycles. The van der Waals surface area contributed by atoms with Gasteiger partial charge in [0.1, 0.15) is 11.8 Å². The van der Waals surface area contributed by atoms with Gasteiger partial charge in [0.2, 0.25) is 11.8 Å². The molecule has 0 fully saturated rings. The Bertz CT molecular complexity index is 1060. The van der Waals surface area contributed by atoms with E-state index in [4.69, 9.17) is 4.74 Å². The van der Waals surface area contributed by atoms with Crippen LogP contribution in [0.25, 0.3) is 0 Å². The lowest BCUT2D eigenvalue weighted by Gasteiger charge is -2.32. The minimum Gasteiger partial charge on any atom is -0.497 e. The van der Waals surface area contributed by atoms with E-state index in [1.54, 1.807) is 12.0 Å². The number of nitrogens with zero attached hydrogens (tertiary/aromatic N) is 1. The first-order valence-electron chi connectivity index (χ1n) is 12.7. The highest BCUT2D eigenvalue weighted by atomic mass is 16.5. The Hall–Kier alpha value is -3.60. The Labute approximate surface area is 215 Å². The molecule has 0 aliphatic heterocycles. The molecular weight excluding hydrogens is 448 g/mol. The first-order chi connectivity index (χ1) is 17.4. The maximum Gasteiger partial charge on any atom is 0.242 e. The van der Waals surface area contributed by atoms with E-state index in [2.05, 4.69) is 43.4 Å². The molecule has 3 rings (SSSR count). The first-order valence-corrected chi connectivity index (χ1v) is 12.7. The van der Waals surface area contributed by atoms with Crippen molar-refractivity contribution in [2.24, 2.45) is 5.92 Å². The summed E-state index contributed by atoms with van der Waals surface area (Å²) in [6.45, 7) is 6.99. The van der Waals surface area contributed by atoms with Crippen LogP contribution in [0.5, 0.6) is 5.75 Å². The van der Waals surface area contributed by atoms with Gasteiger partial charge in [-0.1, -0.05) is 93.6 Å². The van der Waals surface area contributed by atoms with Crippen molar-refractivity contribution in [3.8, 4) is 5.75 Å². The average molecular weight is 487 g/mol. The molecule has 3 aromatic carbocycles. The molecule has 0 spiro atoms. The van der Waals surface area contributed by atoms with Crippen molar-refractivity contribution in [2.45, 2.75) is 52.1 Å². The fraction of sp³-hybridized carbons (Fsp3) is 0.355. The monoisotopic (exact) mass is 486 g/mol. The van der Waals surface area contributed by atoms with E-state index in [0.29, 0.717) is 25.4 Å². The van der Waals surface area contributed by atoms with Gasteiger partial charge in [-0.25, -0.2) is 0 Å². The van der Waals surface area contributed by atoms with E-state index < -0.39 is 6.04 Å². The fourth-order valence-corrected chi connectivity index (χ4v) is 4.40. The van der Waals surface area contributed by atoms with Crippen LogP contribution in [0, 0.1) is 5.92 Å². The largest absolute Gasteiger partial charge is 0.497 e. The number of methoxy groups -OCH3 is 1. The molecule has 1 atom stereocenters. The van der Waals surface area contributed by atoms with E-state index >= 15 is 0 Å². The predicted molar refractivity (Wildman–Crippen MR) is 145 cm³/mol. The molecule has 0 radical (unpaired) electrons. The zero-order valence-corrected chi connectivity index (χ0v) is 21.8. The molecule has 1 N–H and O–H groups in total.